The van der Waals surface area contributed by atoms with Crippen molar-refractivity contribution in [2.45, 2.75) is 33.2 Å². The maximum atomic E-state index is 12.9. The van der Waals surface area contributed by atoms with Gasteiger partial charge >= 0.3 is 0 Å². The Hall–Kier alpha value is -2.89. The quantitative estimate of drug-likeness (QED) is 0.718. The normalized spacial score (nSPS) is 10.6. The molecule has 150 valence electrons. The van der Waals surface area contributed by atoms with Crippen LogP contribution >= 0.6 is 0 Å². The molecule has 0 heterocycles. The molecular formula is C22H27FN2O3. The van der Waals surface area contributed by atoms with E-state index in [1.54, 1.807) is 12.1 Å². The Kier molecular flexibility index (Phi) is 7.99. The number of carbonyl (C=O) groups is 2. The summed E-state index contributed by atoms with van der Waals surface area (Å²) in [4.78, 5) is 26.0. The summed E-state index contributed by atoms with van der Waals surface area (Å²) in [7, 11) is 0. The summed E-state index contributed by atoms with van der Waals surface area (Å²) in [5, 5.41) is 2.74. The second-order valence-electron chi connectivity index (χ2n) is 6.83. The topological polar surface area (TPSA) is 58.6 Å². The molecule has 0 bridgehead atoms. The van der Waals surface area contributed by atoms with Gasteiger partial charge in [-0.1, -0.05) is 38.1 Å². The minimum atomic E-state index is -0.322. The lowest BCUT2D eigenvalue weighted by Crippen LogP contribution is -2.42. The van der Waals surface area contributed by atoms with Crippen molar-refractivity contribution >= 4 is 11.8 Å². The lowest BCUT2D eigenvalue weighted by Gasteiger charge is -2.20. The number of nitrogens with zero attached hydrogens (tertiary/aromatic N) is 1. The van der Waals surface area contributed by atoms with Crippen molar-refractivity contribution in [1.29, 1.82) is 0 Å². The van der Waals surface area contributed by atoms with Gasteiger partial charge in [-0.25, -0.2) is 4.39 Å². The van der Waals surface area contributed by atoms with Gasteiger partial charge < -0.3 is 15.0 Å². The van der Waals surface area contributed by atoms with E-state index in [9.17, 15) is 14.0 Å². The van der Waals surface area contributed by atoms with Crippen molar-refractivity contribution in [3.05, 3.63) is 65.5 Å². The fourth-order valence-electron chi connectivity index (χ4n) is 2.61. The highest BCUT2D eigenvalue weighted by Gasteiger charge is 2.16. The summed E-state index contributed by atoms with van der Waals surface area (Å²) >= 11 is 0. The molecule has 6 heteroatoms. The van der Waals surface area contributed by atoms with Gasteiger partial charge in [0.05, 0.1) is 6.54 Å². The molecule has 0 saturated heterocycles. The third kappa shape index (κ3) is 6.68. The Morgan fingerprint density at radius 3 is 2.50 bits per heavy atom. The molecular weight excluding hydrogens is 359 g/mol. The SMILES string of the molecule is CCN(CC(=O)NCc1ccc(F)cc1)C(=O)COc1cccc(C(C)C)c1. The molecule has 2 aromatic rings. The number of ether oxygens (including phenoxy) is 1. The molecule has 0 saturated carbocycles. The van der Waals surface area contributed by atoms with Crippen LogP contribution in [0.3, 0.4) is 0 Å². The van der Waals surface area contributed by atoms with Crippen molar-refractivity contribution in [3.63, 3.8) is 0 Å². The molecule has 0 aliphatic rings. The van der Waals surface area contributed by atoms with Crippen molar-refractivity contribution in [2.75, 3.05) is 19.7 Å². The number of benzene rings is 2. The van der Waals surface area contributed by atoms with Gasteiger partial charge in [0.15, 0.2) is 6.61 Å². The molecule has 0 aliphatic carbocycles. The van der Waals surface area contributed by atoms with E-state index in [0.29, 0.717) is 18.2 Å². The van der Waals surface area contributed by atoms with Gasteiger partial charge in [-0.15, -0.1) is 0 Å². The standard InChI is InChI=1S/C22H27FN2O3/c1-4-25(14-21(26)24-13-17-8-10-19(23)11-9-17)22(27)15-28-20-7-5-6-18(12-20)16(2)3/h5-12,16H,4,13-15H2,1-3H3,(H,24,26). The molecule has 0 atom stereocenters. The minimum Gasteiger partial charge on any atom is -0.484 e. The first-order valence-electron chi connectivity index (χ1n) is 9.40. The molecule has 0 spiro atoms. The van der Waals surface area contributed by atoms with E-state index in [4.69, 9.17) is 4.74 Å². The molecule has 28 heavy (non-hydrogen) atoms. The average Bonchev–Trinajstić information content (AvgIpc) is 2.70. The highest BCUT2D eigenvalue weighted by molar-refractivity contribution is 5.85. The Morgan fingerprint density at radius 1 is 1.14 bits per heavy atom. The van der Waals surface area contributed by atoms with Gasteiger partial charge in [0.25, 0.3) is 5.91 Å². The highest BCUT2D eigenvalue weighted by atomic mass is 19.1. The number of amides is 2. The monoisotopic (exact) mass is 386 g/mol. The average molecular weight is 386 g/mol. The summed E-state index contributed by atoms with van der Waals surface area (Å²) in [5.74, 6) is 0.153. The molecule has 2 aromatic carbocycles. The number of rotatable bonds is 9. The van der Waals surface area contributed by atoms with Crippen LogP contribution in [0, 0.1) is 5.82 Å². The molecule has 2 amide bonds. The van der Waals surface area contributed by atoms with Crippen LogP contribution in [0.15, 0.2) is 48.5 Å². The van der Waals surface area contributed by atoms with Crippen LogP contribution < -0.4 is 10.1 Å². The molecule has 0 aliphatic heterocycles. The molecule has 0 aromatic heterocycles. The molecule has 5 nitrogen and oxygen atoms in total. The smallest absolute Gasteiger partial charge is 0.260 e. The van der Waals surface area contributed by atoms with Crippen molar-refractivity contribution in [3.8, 4) is 5.75 Å². The zero-order valence-corrected chi connectivity index (χ0v) is 16.6. The zero-order valence-electron chi connectivity index (χ0n) is 16.6. The van der Waals surface area contributed by atoms with Crippen LogP contribution in [-0.4, -0.2) is 36.4 Å². The Labute approximate surface area is 165 Å². The van der Waals surface area contributed by atoms with E-state index in [-0.39, 0.29) is 37.3 Å². The summed E-state index contributed by atoms with van der Waals surface area (Å²) in [6.07, 6.45) is 0. The summed E-state index contributed by atoms with van der Waals surface area (Å²) < 4.78 is 18.5. The van der Waals surface area contributed by atoms with Gasteiger partial charge in [-0.2, -0.15) is 0 Å². The molecule has 0 fully saturated rings. The molecule has 2 rings (SSSR count). The van der Waals surface area contributed by atoms with Crippen LogP contribution in [-0.2, 0) is 16.1 Å². The summed E-state index contributed by atoms with van der Waals surface area (Å²) in [5.41, 5.74) is 1.93. The van der Waals surface area contributed by atoms with E-state index in [1.165, 1.54) is 17.0 Å². The fourth-order valence-corrected chi connectivity index (χ4v) is 2.61. The van der Waals surface area contributed by atoms with Crippen molar-refractivity contribution in [1.82, 2.24) is 10.2 Å². The molecule has 0 unspecified atom stereocenters. The van der Waals surface area contributed by atoms with Gasteiger partial charge in [0.1, 0.15) is 11.6 Å². The number of hydrogen-bond acceptors (Lipinski definition) is 3. The van der Waals surface area contributed by atoms with Crippen molar-refractivity contribution in [2.24, 2.45) is 0 Å². The Morgan fingerprint density at radius 2 is 1.86 bits per heavy atom. The van der Waals surface area contributed by atoms with Gasteiger partial charge in [-0.05, 0) is 48.2 Å². The first-order valence-corrected chi connectivity index (χ1v) is 9.40. The number of carbonyl (C=O) groups excluding carboxylic acids is 2. The maximum Gasteiger partial charge on any atom is 0.260 e. The van der Waals surface area contributed by atoms with Gasteiger partial charge in [0.2, 0.25) is 5.91 Å². The van der Waals surface area contributed by atoms with Crippen LogP contribution in [0.4, 0.5) is 4.39 Å². The van der Waals surface area contributed by atoms with Crippen LogP contribution in [0.2, 0.25) is 0 Å². The summed E-state index contributed by atoms with van der Waals surface area (Å²) in [6, 6.07) is 13.5. The van der Waals surface area contributed by atoms with Crippen LogP contribution in [0.25, 0.3) is 0 Å². The number of nitrogens with one attached hydrogen (secondary N) is 1. The van der Waals surface area contributed by atoms with Gasteiger partial charge in [0, 0.05) is 13.1 Å². The lowest BCUT2D eigenvalue weighted by molar-refractivity contribution is -0.137. The van der Waals surface area contributed by atoms with Crippen LogP contribution in [0.5, 0.6) is 5.75 Å². The number of hydrogen-bond donors (Lipinski definition) is 1. The van der Waals surface area contributed by atoms with E-state index < -0.39 is 0 Å². The predicted molar refractivity (Wildman–Crippen MR) is 107 cm³/mol. The highest BCUT2D eigenvalue weighted by Crippen LogP contribution is 2.20. The van der Waals surface area contributed by atoms with E-state index in [1.807, 2.05) is 31.2 Å². The predicted octanol–water partition coefficient (Wildman–Crippen LogP) is 3.49. The number of likely N-dealkylation sites (N-methyl/N-ethyl adjacent to an activating group) is 1. The van der Waals surface area contributed by atoms with Crippen molar-refractivity contribution < 1.29 is 18.7 Å². The second kappa shape index (κ2) is 10.4. The van der Waals surface area contributed by atoms with E-state index in [0.717, 1.165) is 11.1 Å². The number of halogens is 1. The van der Waals surface area contributed by atoms with E-state index in [2.05, 4.69) is 19.2 Å². The summed E-state index contributed by atoms with van der Waals surface area (Å²) in [6.45, 7) is 6.50. The molecule has 0 radical (unpaired) electrons. The third-order valence-corrected chi connectivity index (χ3v) is 4.36. The maximum absolute atomic E-state index is 12.9. The largest absolute Gasteiger partial charge is 0.484 e. The lowest BCUT2D eigenvalue weighted by atomic mass is 10.0. The first-order chi connectivity index (χ1) is 13.4. The van der Waals surface area contributed by atoms with Crippen LogP contribution in [0.1, 0.15) is 37.8 Å². The zero-order chi connectivity index (χ0) is 20.5. The van der Waals surface area contributed by atoms with Gasteiger partial charge in [-0.3, -0.25) is 9.59 Å². The fraction of sp³-hybridized carbons (Fsp3) is 0.364. The minimum absolute atomic E-state index is 0.0497. The first kappa shape index (κ1) is 21.4. The third-order valence-electron chi connectivity index (χ3n) is 4.36. The van der Waals surface area contributed by atoms with E-state index >= 15 is 0 Å². The second-order valence-corrected chi connectivity index (χ2v) is 6.83. The Balaban J connectivity index is 1.82. The molecule has 1 N–H and O–H groups in total. The Bertz CT molecular complexity index is 791.